The molecule has 1 amide bonds. The van der Waals surface area contributed by atoms with Crippen LogP contribution in [0.1, 0.15) is 37.0 Å². The molecule has 1 heterocycles. The molecule has 144 valence electrons. The summed E-state index contributed by atoms with van der Waals surface area (Å²) in [6, 6.07) is 11.8. The number of benzene rings is 2. The minimum Gasteiger partial charge on any atom is -0.494 e. The van der Waals surface area contributed by atoms with Gasteiger partial charge in [-0.05, 0) is 45.0 Å². The summed E-state index contributed by atoms with van der Waals surface area (Å²) in [6.07, 6.45) is 1.37. The van der Waals surface area contributed by atoms with Gasteiger partial charge in [-0.15, -0.1) is 0 Å². The number of ether oxygens (including phenoxy) is 3. The second-order valence-corrected chi connectivity index (χ2v) is 6.82. The third-order valence-corrected chi connectivity index (χ3v) is 4.47. The van der Waals surface area contributed by atoms with Gasteiger partial charge < -0.3 is 19.5 Å². The van der Waals surface area contributed by atoms with Gasteiger partial charge in [0.2, 0.25) is 5.91 Å². The van der Waals surface area contributed by atoms with Gasteiger partial charge in [0.05, 0.1) is 19.6 Å². The highest BCUT2D eigenvalue weighted by molar-refractivity contribution is 5.76. The molecule has 0 unspecified atom stereocenters. The van der Waals surface area contributed by atoms with Gasteiger partial charge in [0, 0.05) is 24.1 Å². The van der Waals surface area contributed by atoms with Crippen LogP contribution in [0.4, 0.5) is 0 Å². The molecule has 27 heavy (non-hydrogen) atoms. The Morgan fingerprint density at radius 1 is 1.22 bits per heavy atom. The molecule has 1 aliphatic rings. The Labute approximate surface area is 160 Å². The van der Waals surface area contributed by atoms with E-state index in [0.29, 0.717) is 26.2 Å². The summed E-state index contributed by atoms with van der Waals surface area (Å²) in [5.41, 5.74) is 3.27. The van der Waals surface area contributed by atoms with E-state index in [9.17, 15) is 4.79 Å². The zero-order valence-corrected chi connectivity index (χ0v) is 16.2. The van der Waals surface area contributed by atoms with Crippen molar-refractivity contribution in [2.45, 2.75) is 46.3 Å². The molecule has 0 saturated carbocycles. The first kappa shape index (κ1) is 19.1. The lowest BCUT2D eigenvalue weighted by atomic mass is 10.1. The second-order valence-electron chi connectivity index (χ2n) is 6.82. The fourth-order valence-corrected chi connectivity index (χ4v) is 3.09. The number of nitrogens with one attached hydrogen (secondary N) is 1. The second kappa shape index (κ2) is 8.80. The molecule has 1 N–H and O–H groups in total. The Kier molecular flexibility index (Phi) is 6.22. The molecule has 1 aliphatic heterocycles. The predicted molar refractivity (Wildman–Crippen MR) is 105 cm³/mol. The highest BCUT2D eigenvalue weighted by Gasteiger charge is 2.22. The van der Waals surface area contributed by atoms with Crippen molar-refractivity contribution in [3.05, 3.63) is 53.1 Å². The third kappa shape index (κ3) is 5.16. The van der Waals surface area contributed by atoms with Gasteiger partial charge in [0.25, 0.3) is 0 Å². The van der Waals surface area contributed by atoms with E-state index < -0.39 is 0 Å². The molecule has 0 saturated heterocycles. The van der Waals surface area contributed by atoms with Gasteiger partial charge in [-0.2, -0.15) is 0 Å². The fourth-order valence-electron chi connectivity index (χ4n) is 3.09. The fraction of sp³-hybridized carbons (Fsp3) is 0.409. The lowest BCUT2D eigenvalue weighted by Crippen LogP contribution is -2.24. The molecule has 0 aliphatic carbocycles. The van der Waals surface area contributed by atoms with Crippen LogP contribution in [-0.4, -0.2) is 25.2 Å². The molecule has 3 rings (SSSR count). The van der Waals surface area contributed by atoms with Crippen molar-refractivity contribution < 1.29 is 19.0 Å². The number of carbonyl (C=O) groups excluding carboxylic acids is 1. The van der Waals surface area contributed by atoms with Crippen LogP contribution in [0.3, 0.4) is 0 Å². The molecular formula is C22H27NO4. The van der Waals surface area contributed by atoms with E-state index in [1.54, 1.807) is 0 Å². The Morgan fingerprint density at radius 3 is 2.74 bits per heavy atom. The lowest BCUT2D eigenvalue weighted by Gasteiger charge is -2.13. The minimum atomic E-state index is -0.0562. The average molecular weight is 369 g/mol. The minimum absolute atomic E-state index is 0.0562. The summed E-state index contributed by atoms with van der Waals surface area (Å²) in [4.78, 5) is 12.2. The Hall–Kier alpha value is -2.69. The number of carbonyl (C=O) groups is 1. The quantitative estimate of drug-likeness (QED) is 0.769. The number of hydrogen-bond donors (Lipinski definition) is 1. The maximum absolute atomic E-state index is 12.2. The van der Waals surface area contributed by atoms with E-state index in [-0.39, 0.29) is 12.0 Å². The molecule has 5 heteroatoms. The van der Waals surface area contributed by atoms with E-state index in [4.69, 9.17) is 14.2 Å². The Bertz CT molecular complexity index is 786. The highest BCUT2D eigenvalue weighted by Crippen LogP contribution is 2.35. The van der Waals surface area contributed by atoms with Gasteiger partial charge in [-0.3, -0.25) is 4.79 Å². The number of rotatable bonds is 8. The standard InChI is InChI=1S/C22H27NO4/c1-4-25-20-12-17-11-16(3)27-21(17)13-18(20)14-23-22(24)9-10-26-19-7-5-15(2)6-8-19/h5-8,12-13,16H,4,9-11,14H2,1-3H3,(H,23,24)/t16-/m0/s1. The van der Waals surface area contributed by atoms with Crippen molar-refractivity contribution in [2.75, 3.05) is 13.2 Å². The van der Waals surface area contributed by atoms with Crippen LogP contribution in [0.2, 0.25) is 0 Å². The zero-order chi connectivity index (χ0) is 19.2. The smallest absolute Gasteiger partial charge is 0.223 e. The molecular weight excluding hydrogens is 342 g/mol. The summed E-state index contributed by atoms with van der Waals surface area (Å²) >= 11 is 0. The van der Waals surface area contributed by atoms with Gasteiger partial charge >= 0.3 is 0 Å². The molecule has 2 aromatic rings. The largest absolute Gasteiger partial charge is 0.494 e. The first-order valence-corrected chi connectivity index (χ1v) is 9.46. The number of fused-ring (bicyclic) bond motifs is 1. The van der Waals surface area contributed by atoms with Crippen molar-refractivity contribution in [3.63, 3.8) is 0 Å². The summed E-state index contributed by atoms with van der Waals surface area (Å²) in [6.45, 7) is 7.37. The van der Waals surface area contributed by atoms with Crippen LogP contribution < -0.4 is 19.5 Å². The Morgan fingerprint density at radius 2 is 2.00 bits per heavy atom. The SMILES string of the molecule is CCOc1cc2c(cc1CNC(=O)CCOc1ccc(C)cc1)O[C@@H](C)C2. The first-order chi connectivity index (χ1) is 13.0. The molecule has 0 fully saturated rings. The number of aryl methyl sites for hydroxylation is 1. The van der Waals surface area contributed by atoms with E-state index in [1.165, 1.54) is 5.56 Å². The zero-order valence-electron chi connectivity index (χ0n) is 16.2. The van der Waals surface area contributed by atoms with E-state index in [0.717, 1.165) is 34.8 Å². The highest BCUT2D eigenvalue weighted by atomic mass is 16.5. The van der Waals surface area contributed by atoms with E-state index in [1.807, 2.05) is 50.2 Å². The third-order valence-electron chi connectivity index (χ3n) is 4.47. The molecule has 0 spiro atoms. The topological polar surface area (TPSA) is 56.8 Å². The van der Waals surface area contributed by atoms with Gasteiger partial charge in [-0.25, -0.2) is 0 Å². The lowest BCUT2D eigenvalue weighted by molar-refractivity contribution is -0.121. The molecule has 2 aromatic carbocycles. The summed E-state index contributed by atoms with van der Waals surface area (Å²) in [5, 5.41) is 2.94. The van der Waals surface area contributed by atoms with Crippen LogP contribution in [0.15, 0.2) is 36.4 Å². The maximum Gasteiger partial charge on any atom is 0.223 e. The van der Waals surface area contributed by atoms with Crippen molar-refractivity contribution in [1.82, 2.24) is 5.32 Å². The van der Waals surface area contributed by atoms with Crippen LogP contribution in [0.25, 0.3) is 0 Å². The van der Waals surface area contributed by atoms with Crippen molar-refractivity contribution in [1.29, 1.82) is 0 Å². The summed E-state index contributed by atoms with van der Waals surface area (Å²) < 4.78 is 17.2. The van der Waals surface area contributed by atoms with Gasteiger partial charge in [0.15, 0.2) is 0 Å². The predicted octanol–water partition coefficient (Wildman–Crippen LogP) is 3.80. The molecule has 0 aromatic heterocycles. The number of amides is 1. The number of hydrogen-bond acceptors (Lipinski definition) is 4. The monoisotopic (exact) mass is 369 g/mol. The first-order valence-electron chi connectivity index (χ1n) is 9.46. The molecule has 5 nitrogen and oxygen atoms in total. The van der Waals surface area contributed by atoms with E-state index in [2.05, 4.69) is 12.2 Å². The van der Waals surface area contributed by atoms with Gasteiger partial charge in [0.1, 0.15) is 23.4 Å². The van der Waals surface area contributed by atoms with Gasteiger partial charge in [-0.1, -0.05) is 17.7 Å². The molecule has 0 bridgehead atoms. The van der Waals surface area contributed by atoms with Crippen LogP contribution in [-0.2, 0) is 17.8 Å². The molecule has 0 radical (unpaired) electrons. The van der Waals surface area contributed by atoms with E-state index >= 15 is 0 Å². The summed E-state index contributed by atoms with van der Waals surface area (Å²) in [5.74, 6) is 2.42. The maximum atomic E-state index is 12.2. The Balaban J connectivity index is 1.52. The average Bonchev–Trinajstić information content (AvgIpc) is 3.00. The molecule has 1 atom stereocenters. The van der Waals surface area contributed by atoms with Crippen LogP contribution >= 0.6 is 0 Å². The van der Waals surface area contributed by atoms with Crippen molar-refractivity contribution in [3.8, 4) is 17.2 Å². The van der Waals surface area contributed by atoms with Crippen molar-refractivity contribution >= 4 is 5.91 Å². The van der Waals surface area contributed by atoms with Crippen LogP contribution in [0, 0.1) is 6.92 Å². The van der Waals surface area contributed by atoms with Crippen molar-refractivity contribution in [2.24, 2.45) is 0 Å². The summed E-state index contributed by atoms with van der Waals surface area (Å²) in [7, 11) is 0. The van der Waals surface area contributed by atoms with Crippen LogP contribution in [0.5, 0.6) is 17.2 Å². The normalized spacial score (nSPS) is 15.0.